The van der Waals surface area contributed by atoms with Gasteiger partial charge in [0.2, 0.25) is 10.3 Å². The summed E-state index contributed by atoms with van der Waals surface area (Å²) in [5, 5.41) is 0.259. The summed E-state index contributed by atoms with van der Waals surface area (Å²) >= 11 is -1.37. The molecular formula is C11H10FNO2S. The zero-order valence-corrected chi connectivity index (χ0v) is 9.68. The maximum Gasteiger partial charge on any atom is 0.244 e. The van der Waals surface area contributed by atoms with Crippen LogP contribution in [0.1, 0.15) is 0 Å². The lowest BCUT2D eigenvalue weighted by atomic mass is 10.2. The van der Waals surface area contributed by atoms with Gasteiger partial charge < -0.3 is 9.12 Å². The molecule has 2 aromatic rings. The second-order valence-electron chi connectivity index (χ2n) is 3.55. The SMILES string of the molecule is Cn1cc([S+](C)[O-])c(=O)c2cc(F)ccc21. The monoisotopic (exact) mass is 239 g/mol. The van der Waals surface area contributed by atoms with Crippen molar-refractivity contribution in [2.75, 3.05) is 6.26 Å². The normalized spacial score (nSPS) is 13.0. The van der Waals surface area contributed by atoms with Gasteiger partial charge in [-0.2, -0.15) is 0 Å². The van der Waals surface area contributed by atoms with Crippen LogP contribution in [0, 0.1) is 5.82 Å². The Hall–Kier alpha value is -1.33. The number of aromatic nitrogens is 1. The number of rotatable bonds is 1. The summed E-state index contributed by atoms with van der Waals surface area (Å²) in [5.41, 5.74) is 0.258. The minimum Gasteiger partial charge on any atom is -0.612 e. The molecule has 3 nitrogen and oxygen atoms in total. The summed E-state index contributed by atoms with van der Waals surface area (Å²) in [6, 6.07) is 4.01. The van der Waals surface area contributed by atoms with Crippen LogP contribution < -0.4 is 5.43 Å². The minimum absolute atomic E-state index is 0.195. The highest BCUT2D eigenvalue weighted by molar-refractivity contribution is 7.90. The van der Waals surface area contributed by atoms with E-state index in [0.29, 0.717) is 5.52 Å². The van der Waals surface area contributed by atoms with Crippen LogP contribution >= 0.6 is 0 Å². The van der Waals surface area contributed by atoms with Crippen LogP contribution in [0.4, 0.5) is 4.39 Å². The predicted molar refractivity (Wildman–Crippen MR) is 61.5 cm³/mol. The van der Waals surface area contributed by atoms with E-state index in [4.69, 9.17) is 0 Å². The Kier molecular flexibility index (Phi) is 2.73. The zero-order valence-electron chi connectivity index (χ0n) is 8.86. The maximum atomic E-state index is 13.1. The first kappa shape index (κ1) is 11.2. The summed E-state index contributed by atoms with van der Waals surface area (Å²) in [5.74, 6) is -0.469. The Balaban J connectivity index is 2.92. The molecule has 5 heteroatoms. The second kappa shape index (κ2) is 3.92. The van der Waals surface area contributed by atoms with Gasteiger partial charge in [-0.3, -0.25) is 4.79 Å². The van der Waals surface area contributed by atoms with Crippen LogP contribution in [0.15, 0.2) is 34.1 Å². The number of hydrogen-bond donors (Lipinski definition) is 0. The molecular weight excluding hydrogens is 229 g/mol. The first-order chi connectivity index (χ1) is 7.50. The number of hydrogen-bond acceptors (Lipinski definition) is 2. The largest absolute Gasteiger partial charge is 0.612 e. The third kappa shape index (κ3) is 1.72. The molecule has 1 aromatic heterocycles. The maximum absolute atomic E-state index is 13.1. The highest BCUT2D eigenvalue weighted by Crippen LogP contribution is 2.14. The molecule has 0 saturated carbocycles. The van der Waals surface area contributed by atoms with E-state index in [9.17, 15) is 13.7 Å². The van der Waals surface area contributed by atoms with E-state index in [2.05, 4.69) is 0 Å². The van der Waals surface area contributed by atoms with Crippen LogP contribution in [0.3, 0.4) is 0 Å². The van der Waals surface area contributed by atoms with Crippen molar-refractivity contribution in [3.05, 3.63) is 40.4 Å². The third-order valence-electron chi connectivity index (χ3n) is 2.43. The van der Waals surface area contributed by atoms with Gasteiger partial charge in [0.05, 0.1) is 17.1 Å². The second-order valence-corrected chi connectivity index (χ2v) is 4.90. The molecule has 1 aromatic carbocycles. The highest BCUT2D eigenvalue weighted by Gasteiger charge is 2.15. The van der Waals surface area contributed by atoms with Gasteiger partial charge in [-0.05, 0) is 29.4 Å². The number of nitrogens with zero attached hydrogens (tertiary/aromatic N) is 1. The number of halogens is 1. The number of aryl methyl sites for hydroxylation is 1. The molecule has 84 valence electrons. The van der Waals surface area contributed by atoms with Crippen molar-refractivity contribution < 1.29 is 8.94 Å². The fourth-order valence-electron chi connectivity index (χ4n) is 1.64. The molecule has 1 unspecified atom stereocenters. The van der Waals surface area contributed by atoms with Crippen molar-refractivity contribution in [3.63, 3.8) is 0 Å². The first-order valence-corrected chi connectivity index (χ1v) is 6.19. The molecule has 0 amide bonds. The van der Waals surface area contributed by atoms with Crippen LogP contribution in [0.2, 0.25) is 0 Å². The Labute approximate surface area is 94.7 Å². The van der Waals surface area contributed by atoms with Crippen molar-refractivity contribution >= 4 is 22.1 Å². The summed E-state index contributed by atoms with van der Waals surface area (Å²) in [6.45, 7) is 0. The topological polar surface area (TPSA) is 45.1 Å². The molecule has 0 saturated heterocycles. The average molecular weight is 239 g/mol. The van der Waals surface area contributed by atoms with Gasteiger partial charge >= 0.3 is 0 Å². The molecule has 0 fully saturated rings. The van der Waals surface area contributed by atoms with Crippen molar-refractivity contribution in [2.45, 2.75) is 4.90 Å². The standard InChI is InChI=1S/C11H10FNO2S/c1-13-6-10(16(2)15)11(14)8-5-7(12)3-4-9(8)13/h3-6H,1-2H3. The number of fused-ring (bicyclic) bond motifs is 1. The van der Waals surface area contributed by atoms with Crippen molar-refractivity contribution in [3.8, 4) is 0 Å². The minimum atomic E-state index is -1.37. The molecule has 1 heterocycles. The number of pyridine rings is 1. The quantitative estimate of drug-likeness (QED) is 0.706. The van der Waals surface area contributed by atoms with Crippen molar-refractivity contribution in [2.24, 2.45) is 7.05 Å². The molecule has 0 spiro atoms. The van der Waals surface area contributed by atoms with E-state index in [-0.39, 0.29) is 15.7 Å². The molecule has 2 rings (SSSR count). The lowest BCUT2D eigenvalue weighted by molar-refractivity contribution is 0.599. The Morgan fingerprint density at radius 1 is 1.44 bits per heavy atom. The molecule has 1 atom stereocenters. The highest BCUT2D eigenvalue weighted by atomic mass is 32.2. The van der Waals surface area contributed by atoms with Crippen LogP contribution in [-0.4, -0.2) is 15.4 Å². The van der Waals surface area contributed by atoms with Gasteiger partial charge in [0.25, 0.3) is 0 Å². The lowest BCUT2D eigenvalue weighted by Gasteiger charge is -2.09. The Morgan fingerprint density at radius 3 is 2.75 bits per heavy atom. The lowest BCUT2D eigenvalue weighted by Crippen LogP contribution is -2.17. The fraction of sp³-hybridized carbons (Fsp3) is 0.182. The zero-order chi connectivity index (χ0) is 11.9. The van der Waals surface area contributed by atoms with Gasteiger partial charge in [-0.25, -0.2) is 4.39 Å². The van der Waals surface area contributed by atoms with Gasteiger partial charge in [0.1, 0.15) is 12.1 Å². The molecule has 0 N–H and O–H groups in total. The Bertz CT molecular complexity index is 607. The van der Waals surface area contributed by atoms with E-state index in [0.717, 1.165) is 0 Å². The molecule has 16 heavy (non-hydrogen) atoms. The summed E-state index contributed by atoms with van der Waals surface area (Å²) in [6.07, 6.45) is 2.96. The fourth-order valence-corrected chi connectivity index (χ4v) is 2.32. The van der Waals surface area contributed by atoms with Crippen molar-refractivity contribution in [1.82, 2.24) is 4.57 Å². The third-order valence-corrected chi connectivity index (χ3v) is 3.34. The summed E-state index contributed by atoms with van der Waals surface area (Å²) in [4.78, 5) is 12.1. The van der Waals surface area contributed by atoms with E-state index in [1.165, 1.54) is 30.7 Å². The van der Waals surface area contributed by atoms with Crippen LogP contribution in [0.25, 0.3) is 10.9 Å². The number of benzene rings is 1. The Morgan fingerprint density at radius 2 is 2.12 bits per heavy atom. The van der Waals surface area contributed by atoms with Crippen molar-refractivity contribution in [1.29, 1.82) is 0 Å². The predicted octanol–water partition coefficient (Wildman–Crippen LogP) is 1.42. The van der Waals surface area contributed by atoms with E-state index >= 15 is 0 Å². The average Bonchev–Trinajstić information content (AvgIpc) is 2.22. The van der Waals surface area contributed by atoms with Gasteiger partial charge in [-0.15, -0.1) is 0 Å². The molecule has 0 bridgehead atoms. The van der Waals surface area contributed by atoms with E-state index in [1.807, 2.05) is 0 Å². The van der Waals surface area contributed by atoms with Crippen LogP contribution in [0.5, 0.6) is 0 Å². The van der Waals surface area contributed by atoms with Crippen LogP contribution in [-0.2, 0) is 18.2 Å². The van der Waals surface area contributed by atoms with E-state index in [1.54, 1.807) is 11.6 Å². The van der Waals surface area contributed by atoms with Gasteiger partial charge in [0.15, 0.2) is 0 Å². The smallest absolute Gasteiger partial charge is 0.244 e. The molecule has 0 aliphatic heterocycles. The summed E-state index contributed by atoms with van der Waals surface area (Å²) in [7, 11) is 1.73. The van der Waals surface area contributed by atoms with Gasteiger partial charge in [0, 0.05) is 7.05 Å². The molecule has 0 aliphatic rings. The summed E-state index contributed by atoms with van der Waals surface area (Å²) < 4.78 is 26.1. The molecule has 0 radical (unpaired) electrons. The first-order valence-electron chi connectivity index (χ1n) is 4.63. The van der Waals surface area contributed by atoms with Gasteiger partial charge in [-0.1, -0.05) is 0 Å². The van der Waals surface area contributed by atoms with E-state index < -0.39 is 17.0 Å². The molecule has 0 aliphatic carbocycles.